The second kappa shape index (κ2) is 5.54. The highest BCUT2D eigenvalue weighted by molar-refractivity contribution is 5.74. The van der Waals surface area contributed by atoms with E-state index in [0.29, 0.717) is 19.1 Å². The molecule has 0 aliphatic heterocycles. The Morgan fingerprint density at radius 3 is 2.71 bits per heavy atom. The molecule has 1 aliphatic carbocycles. The van der Waals surface area contributed by atoms with Crippen LogP contribution in [0.5, 0.6) is 0 Å². The maximum Gasteiger partial charge on any atom is 0.318 e. The molecule has 1 saturated carbocycles. The normalized spacial score (nSPS) is 16.3. The number of amides is 2. The standard InChI is InChI=1S/C11H18N2O/c1-3-9-13(11(14)12-4-2)10-7-5-6-8-10/h1,10H,4-9H2,2H3,(H,12,14). The molecule has 0 aromatic rings. The van der Waals surface area contributed by atoms with Crippen molar-refractivity contribution in [2.45, 2.75) is 38.6 Å². The highest BCUT2D eigenvalue weighted by atomic mass is 16.2. The second-order valence-electron chi connectivity index (χ2n) is 3.61. The topological polar surface area (TPSA) is 32.3 Å². The van der Waals surface area contributed by atoms with Crippen LogP contribution in [0.2, 0.25) is 0 Å². The van der Waals surface area contributed by atoms with E-state index in [-0.39, 0.29) is 6.03 Å². The molecule has 0 spiro atoms. The highest BCUT2D eigenvalue weighted by Crippen LogP contribution is 2.23. The number of nitrogens with zero attached hydrogens (tertiary/aromatic N) is 1. The van der Waals surface area contributed by atoms with Gasteiger partial charge in [0.25, 0.3) is 0 Å². The molecule has 1 fully saturated rings. The number of hydrogen-bond acceptors (Lipinski definition) is 1. The summed E-state index contributed by atoms with van der Waals surface area (Å²) in [7, 11) is 0. The molecule has 0 unspecified atom stereocenters. The molecule has 1 aliphatic rings. The van der Waals surface area contributed by atoms with Gasteiger partial charge in [0, 0.05) is 12.6 Å². The van der Waals surface area contributed by atoms with E-state index in [9.17, 15) is 4.79 Å². The zero-order valence-corrected chi connectivity index (χ0v) is 8.75. The maximum absolute atomic E-state index is 11.6. The molecule has 0 heterocycles. The van der Waals surface area contributed by atoms with E-state index in [4.69, 9.17) is 6.42 Å². The molecule has 0 saturated heterocycles. The summed E-state index contributed by atoms with van der Waals surface area (Å²) >= 11 is 0. The Morgan fingerprint density at radius 2 is 2.21 bits per heavy atom. The minimum Gasteiger partial charge on any atom is -0.338 e. The molecule has 0 aromatic heterocycles. The van der Waals surface area contributed by atoms with Crippen molar-refractivity contribution in [3.63, 3.8) is 0 Å². The van der Waals surface area contributed by atoms with Gasteiger partial charge in [-0.1, -0.05) is 18.8 Å². The molecule has 3 heteroatoms. The average molecular weight is 194 g/mol. The molecule has 0 aromatic carbocycles. The van der Waals surface area contributed by atoms with Crippen molar-refractivity contribution in [2.24, 2.45) is 0 Å². The van der Waals surface area contributed by atoms with Crippen LogP contribution in [-0.2, 0) is 0 Å². The Labute approximate surface area is 85.9 Å². The van der Waals surface area contributed by atoms with Gasteiger partial charge in [0.05, 0.1) is 6.54 Å². The van der Waals surface area contributed by atoms with Crippen LogP contribution >= 0.6 is 0 Å². The van der Waals surface area contributed by atoms with Gasteiger partial charge in [0.2, 0.25) is 0 Å². The average Bonchev–Trinajstić information content (AvgIpc) is 2.67. The number of nitrogens with one attached hydrogen (secondary N) is 1. The van der Waals surface area contributed by atoms with Crippen LogP contribution in [0.15, 0.2) is 0 Å². The van der Waals surface area contributed by atoms with E-state index in [0.717, 1.165) is 12.8 Å². The fourth-order valence-electron chi connectivity index (χ4n) is 1.93. The summed E-state index contributed by atoms with van der Waals surface area (Å²) in [6.07, 6.45) is 9.88. The van der Waals surface area contributed by atoms with Crippen LogP contribution in [-0.4, -0.2) is 30.1 Å². The van der Waals surface area contributed by atoms with Gasteiger partial charge in [-0.05, 0) is 19.8 Å². The van der Waals surface area contributed by atoms with E-state index >= 15 is 0 Å². The van der Waals surface area contributed by atoms with Crippen molar-refractivity contribution in [1.29, 1.82) is 0 Å². The number of hydrogen-bond donors (Lipinski definition) is 1. The second-order valence-corrected chi connectivity index (χ2v) is 3.61. The van der Waals surface area contributed by atoms with E-state index < -0.39 is 0 Å². The third-order valence-electron chi connectivity index (χ3n) is 2.62. The number of rotatable bonds is 3. The zero-order chi connectivity index (χ0) is 10.4. The van der Waals surface area contributed by atoms with Gasteiger partial charge >= 0.3 is 6.03 Å². The lowest BCUT2D eigenvalue weighted by atomic mass is 10.2. The van der Waals surface area contributed by atoms with Gasteiger partial charge in [-0.15, -0.1) is 6.42 Å². The Balaban J connectivity index is 2.53. The number of terminal acetylenes is 1. The lowest BCUT2D eigenvalue weighted by Gasteiger charge is -2.26. The number of urea groups is 1. The van der Waals surface area contributed by atoms with Crippen LogP contribution < -0.4 is 5.32 Å². The van der Waals surface area contributed by atoms with E-state index in [1.54, 1.807) is 4.90 Å². The predicted molar refractivity (Wildman–Crippen MR) is 56.9 cm³/mol. The van der Waals surface area contributed by atoms with E-state index in [2.05, 4.69) is 11.2 Å². The molecule has 0 radical (unpaired) electrons. The smallest absolute Gasteiger partial charge is 0.318 e. The lowest BCUT2D eigenvalue weighted by molar-refractivity contribution is 0.184. The van der Waals surface area contributed by atoms with Crippen molar-refractivity contribution in [2.75, 3.05) is 13.1 Å². The summed E-state index contributed by atoms with van der Waals surface area (Å²) in [6, 6.07) is 0.343. The van der Waals surface area contributed by atoms with Crippen molar-refractivity contribution in [3.8, 4) is 12.3 Å². The Hall–Kier alpha value is -1.17. The third-order valence-corrected chi connectivity index (χ3v) is 2.62. The fourth-order valence-corrected chi connectivity index (χ4v) is 1.93. The maximum atomic E-state index is 11.6. The first-order chi connectivity index (χ1) is 6.79. The van der Waals surface area contributed by atoms with E-state index in [1.165, 1.54) is 12.8 Å². The molecule has 78 valence electrons. The van der Waals surface area contributed by atoms with Gasteiger partial charge in [-0.3, -0.25) is 0 Å². The van der Waals surface area contributed by atoms with Crippen LogP contribution in [0.4, 0.5) is 4.79 Å². The molecule has 0 atom stereocenters. The molecule has 14 heavy (non-hydrogen) atoms. The quantitative estimate of drug-likeness (QED) is 0.680. The summed E-state index contributed by atoms with van der Waals surface area (Å²) in [5, 5.41) is 2.80. The minimum absolute atomic E-state index is 0.0163. The number of carbonyl (C=O) groups excluding carboxylic acids is 1. The van der Waals surface area contributed by atoms with Gasteiger partial charge in [0.15, 0.2) is 0 Å². The Bertz CT molecular complexity index is 226. The zero-order valence-electron chi connectivity index (χ0n) is 8.75. The van der Waals surface area contributed by atoms with Crippen LogP contribution in [0, 0.1) is 12.3 Å². The van der Waals surface area contributed by atoms with Gasteiger partial charge in [-0.2, -0.15) is 0 Å². The molecule has 1 N–H and O–H groups in total. The van der Waals surface area contributed by atoms with Gasteiger partial charge in [0.1, 0.15) is 0 Å². The van der Waals surface area contributed by atoms with Crippen molar-refractivity contribution < 1.29 is 4.79 Å². The molecular weight excluding hydrogens is 176 g/mol. The van der Waals surface area contributed by atoms with E-state index in [1.807, 2.05) is 6.92 Å². The van der Waals surface area contributed by atoms with Gasteiger partial charge in [-0.25, -0.2) is 4.79 Å². The SMILES string of the molecule is C#CCN(C(=O)NCC)C1CCCC1. The largest absolute Gasteiger partial charge is 0.338 e. The molecular formula is C11H18N2O. The summed E-state index contributed by atoms with van der Waals surface area (Å²) in [6.45, 7) is 3.00. The first kappa shape index (κ1) is 10.9. The summed E-state index contributed by atoms with van der Waals surface area (Å²) in [5.74, 6) is 2.55. The summed E-state index contributed by atoms with van der Waals surface area (Å²) in [5.41, 5.74) is 0. The first-order valence-corrected chi connectivity index (χ1v) is 5.27. The Kier molecular flexibility index (Phi) is 4.31. The molecule has 1 rings (SSSR count). The Morgan fingerprint density at radius 1 is 1.57 bits per heavy atom. The van der Waals surface area contributed by atoms with Crippen LogP contribution in [0.25, 0.3) is 0 Å². The summed E-state index contributed by atoms with van der Waals surface area (Å²) < 4.78 is 0. The molecule has 2 amide bonds. The summed E-state index contributed by atoms with van der Waals surface area (Å²) in [4.78, 5) is 13.4. The third kappa shape index (κ3) is 2.66. The first-order valence-electron chi connectivity index (χ1n) is 5.27. The van der Waals surface area contributed by atoms with Crippen LogP contribution in [0.1, 0.15) is 32.6 Å². The van der Waals surface area contributed by atoms with Gasteiger partial charge < -0.3 is 10.2 Å². The predicted octanol–water partition coefficient (Wildman–Crippen LogP) is 1.59. The van der Waals surface area contributed by atoms with Crippen LogP contribution in [0.3, 0.4) is 0 Å². The lowest BCUT2D eigenvalue weighted by Crippen LogP contribution is -2.45. The van der Waals surface area contributed by atoms with Crippen molar-refractivity contribution in [3.05, 3.63) is 0 Å². The minimum atomic E-state index is -0.0163. The fraction of sp³-hybridized carbons (Fsp3) is 0.727. The highest BCUT2D eigenvalue weighted by Gasteiger charge is 2.25. The van der Waals surface area contributed by atoms with Crippen molar-refractivity contribution >= 4 is 6.03 Å². The number of carbonyl (C=O) groups is 1. The molecule has 3 nitrogen and oxygen atoms in total. The van der Waals surface area contributed by atoms with Crippen molar-refractivity contribution in [1.82, 2.24) is 10.2 Å². The molecule has 0 bridgehead atoms. The monoisotopic (exact) mass is 194 g/mol.